The van der Waals surface area contributed by atoms with E-state index in [-0.39, 0.29) is 0 Å². The molecule has 2 heterocycles. The highest BCUT2D eigenvalue weighted by Gasteiger charge is 2.00. The molecular weight excluding hydrogens is 200 g/mol. The second-order valence-corrected chi connectivity index (χ2v) is 3.47. The molecule has 0 unspecified atom stereocenters. The summed E-state index contributed by atoms with van der Waals surface area (Å²) >= 11 is 1.36. The second-order valence-electron chi connectivity index (χ2n) is 2.86. The average Bonchev–Trinajstić information content (AvgIpc) is 2.78. The van der Waals surface area contributed by atoms with Crippen LogP contribution in [0.25, 0.3) is 0 Å². The van der Waals surface area contributed by atoms with Gasteiger partial charge in [0.25, 0.3) is 0 Å². The topological polar surface area (TPSA) is 68.5 Å². The van der Waals surface area contributed by atoms with E-state index in [1.807, 2.05) is 17.0 Å². The molecule has 6 nitrogen and oxygen atoms in total. The first-order valence-corrected chi connectivity index (χ1v) is 4.99. The summed E-state index contributed by atoms with van der Waals surface area (Å²) < 4.78 is 5.66. The van der Waals surface area contributed by atoms with Crippen molar-refractivity contribution in [3.8, 4) is 0 Å². The molecular formula is C7H10N6S. The molecule has 0 spiro atoms. The van der Waals surface area contributed by atoms with Crippen molar-refractivity contribution in [3.63, 3.8) is 0 Å². The van der Waals surface area contributed by atoms with Crippen LogP contribution in [0.15, 0.2) is 11.7 Å². The highest BCUT2D eigenvalue weighted by atomic mass is 32.1. The molecule has 2 rings (SSSR count). The molecule has 0 amide bonds. The summed E-state index contributed by atoms with van der Waals surface area (Å²) in [5, 5.41) is 16.8. The van der Waals surface area contributed by atoms with E-state index in [1.165, 1.54) is 11.5 Å². The van der Waals surface area contributed by atoms with Gasteiger partial charge in [-0.1, -0.05) is 4.49 Å². The van der Waals surface area contributed by atoms with Crippen LogP contribution in [0.3, 0.4) is 0 Å². The van der Waals surface area contributed by atoms with E-state index in [0.29, 0.717) is 13.1 Å². The molecule has 0 radical (unpaired) electrons. The Morgan fingerprint density at radius 1 is 1.43 bits per heavy atom. The molecule has 1 N–H and O–H groups in total. The van der Waals surface area contributed by atoms with Gasteiger partial charge in [-0.3, -0.25) is 0 Å². The fourth-order valence-corrected chi connectivity index (χ4v) is 1.48. The number of hydrogen-bond donors (Lipinski definition) is 1. The van der Waals surface area contributed by atoms with Crippen LogP contribution in [-0.4, -0.2) is 24.4 Å². The Morgan fingerprint density at radius 2 is 2.36 bits per heavy atom. The Morgan fingerprint density at radius 3 is 3.00 bits per heavy atom. The highest BCUT2D eigenvalue weighted by Crippen LogP contribution is 1.97. The minimum atomic E-state index is 0.689. The zero-order chi connectivity index (χ0) is 9.80. The molecule has 0 saturated heterocycles. The summed E-state index contributed by atoms with van der Waals surface area (Å²) in [4.78, 5) is 0. The average molecular weight is 210 g/mol. The number of rotatable bonds is 4. The van der Waals surface area contributed by atoms with Crippen LogP contribution < -0.4 is 5.32 Å². The van der Waals surface area contributed by atoms with Crippen molar-refractivity contribution in [2.24, 2.45) is 7.05 Å². The number of nitrogens with zero attached hydrogens (tertiary/aromatic N) is 5. The molecule has 0 saturated carbocycles. The minimum Gasteiger partial charge on any atom is -0.320 e. The number of hydrogen-bond acceptors (Lipinski definition) is 6. The maximum Gasteiger partial charge on any atom is 0.146 e. The van der Waals surface area contributed by atoms with Crippen LogP contribution in [-0.2, 0) is 20.1 Å². The van der Waals surface area contributed by atoms with Crippen molar-refractivity contribution in [2.45, 2.75) is 13.1 Å². The summed E-state index contributed by atoms with van der Waals surface area (Å²) in [5.41, 5.74) is 0.956. The monoisotopic (exact) mass is 210 g/mol. The zero-order valence-corrected chi connectivity index (χ0v) is 8.53. The van der Waals surface area contributed by atoms with E-state index in [1.54, 1.807) is 6.33 Å². The molecule has 74 valence electrons. The van der Waals surface area contributed by atoms with Gasteiger partial charge in [-0.15, -0.1) is 15.3 Å². The van der Waals surface area contributed by atoms with Gasteiger partial charge in [0.1, 0.15) is 12.2 Å². The lowest BCUT2D eigenvalue weighted by atomic mass is 10.4. The van der Waals surface area contributed by atoms with E-state index in [4.69, 9.17) is 0 Å². The first-order valence-electron chi connectivity index (χ1n) is 4.16. The maximum atomic E-state index is 3.95. The highest BCUT2D eigenvalue weighted by molar-refractivity contribution is 7.03. The van der Waals surface area contributed by atoms with Gasteiger partial charge in [-0.2, -0.15) is 0 Å². The molecule has 0 bridgehead atoms. The predicted molar refractivity (Wildman–Crippen MR) is 51.5 cm³/mol. The van der Waals surface area contributed by atoms with Crippen LogP contribution >= 0.6 is 11.5 Å². The maximum absolute atomic E-state index is 3.95. The first-order chi connectivity index (χ1) is 6.86. The Labute approximate surface area is 85.1 Å². The predicted octanol–water partition coefficient (Wildman–Crippen LogP) is -0.0436. The third-order valence-electron chi connectivity index (χ3n) is 1.80. The van der Waals surface area contributed by atoms with E-state index in [9.17, 15) is 0 Å². The molecule has 0 aliphatic heterocycles. The first kappa shape index (κ1) is 9.22. The Bertz CT molecular complexity index is 381. The molecule has 0 aromatic carbocycles. The van der Waals surface area contributed by atoms with Gasteiger partial charge in [0, 0.05) is 19.0 Å². The van der Waals surface area contributed by atoms with Crippen molar-refractivity contribution < 1.29 is 0 Å². The van der Waals surface area contributed by atoms with Gasteiger partial charge < -0.3 is 9.88 Å². The molecule has 0 fully saturated rings. The molecule has 14 heavy (non-hydrogen) atoms. The SMILES string of the molecule is Cn1cnnc1CNCc1csnn1. The van der Waals surface area contributed by atoms with Crippen molar-refractivity contribution in [1.29, 1.82) is 0 Å². The van der Waals surface area contributed by atoms with Crippen molar-refractivity contribution >= 4 is 11.5 Å². The minimum absolute atomic E-state index is 0.689. The van der Waals surface area contributed by atoms with Crippen LogP contribution in [0.5, 0.6) is 0 Å². The van der Waals surface area contributed by atoms with Crippen LogP contribution in [0.1, 0.15) is 11.5 Å². The van der Waals surface area contributed by atoms with Gasteiger partial charge in [0.05, 0.1) is 12.2 Å². The molecule has 0 atom stereocenters. The molecule has 0 aliphatic carbocycles. The van der Waals surface area contributed by atoms with Gasteiger partial charge in [-0.25, -0.2) is 0 Å². The van der Waals surface area contributed by atoms with E-state index in [0.717, 1.165) is 11.5 Å². The second kappa shape index (κ2) is 4.25. The number of aromatic nitrogens is 5. The molecule has 2 aromatic heterocycles. The lowest BCUT2D eigenvalue weighted by molar-refractivity contribution is 0.628. The lowest BCUT2D eigenvalue weighted by Crippen LogP contribution is -2.15. The standard InChI is InChI=1S/C7H10N6S/c1-13-5-9-11-7(13)3-8-2-6-4-14-12-10-6/h4-5,8H,2-3H2,1H3. The van der Waals surface area contributed by atoms with Gasteiger partial charge in [0.2, 0.25) is 0 Å². The van der Waals surface area contributed by atoms with Crippen LogP contribution in [0.2, 0.25) is 0 Å². The summed E-state index contributed by atoms with van der Waals surface area (Å²) in [6.07, 6.45) is 1.68. The van der Waals surface area contributed by atoms with Crippen molar-refractivity contribution in [2.75, 3.05) is 0 Å². The molecule has 2 aromatic rings. The van der Waals surface area contributed by atoms with E-state index in [2.05, 4.69) is 25.1 Å². The fourth-order valence-electron chi connectivity index (χ4n) is 1.03. The van der Waals surface area contributed by atoms with Crippen molar-refractivity contribution in [1.82, 2.24) is 29.7 Å². The summed E-state index contributed by atoms with van der Waals surface area (Å²) in [5.74, 6) is 0.910. The smallest absolute Gasteiger partial charge is 0.146 e. The van der Waals surface area contributed by atoms with E-state index < -0.39 is 0 Å². The Hall–Kier alpha value is -1.34. The largest absolute Gasteiger partial charge is 0.320 e. The molecule has 7 heteroatoms. The van der Waals surface area contributed by atoms with Crippen LogP contribution in [0.4, 0.5) is 0 Å². The third-order valence-corrected chi connectivity index (χ3v) is 2.35. The summed E-state index contributed by atoms with van der Waals surface area (Å²) in [6.45, 7) is 1.40. The van der Waals surface area contributed by atoms with Crippen molar-refractivity contribution in [3.05, 3.63) is 23.2 Å². The number of aryl methyl sites for hydroxylation is 1. The third kappa shape index (κ3) is 2.12. The van der Waals surface area contributed by atoms with Gasteiger partial charge in [-0.05, 0) is 11.5 Å². The fraction of sp³-hybridized carbons (Fsp3) is 0.429. The van der Waals surface area contributed by atoms with Gasteiger partial charge >= 0.3 is 0 Å². The Kier molecular flexibility index (Phi) is 2.80. The zero-order valence-electron chi connectivity index (χ0n) is 7.71. The van der Waals surface area contributed by atoms with Crippen LogP contribution in [0, 0.1) is 0 Å². The quantitative estimate of drug-likeness (QED) is 0.766. The summed E-state index contributed by atoms with van der Waals surface area (Å²) in [7, 11) is 1.92. The normalized spacial score (nSPS) is 10.6. The van der Waals surface area contributed by atoms with Gasteiger partial charge in [0.15, 0.2) is 0 Å². The van der Waals surface area contributed by atoms with E-state index >= 15 is 0 Å². The lowest BCUT2D eigenvalue weighted by Gasteiger charge is -2.00. The Balaban J connectivity index is 1.81. The summed E-state index contributed by atoms with van der Waals surface area (Å²) in [6, 6.07) is 0. The molecule has 0 aliphatic rings. The number of nitrogens with one attached hydrogen (secondary N) is 1.